The summed E-state index contributed by atoms with van der Waals surface area (Å²) in [5, 5.41) is 0. The third kappa shape index (κ3) is 14.0. The van der Waals surface area contributed by atoms with Crippen LogP contribution in [0.25, 0.3) is 0 Å². The Balaban J connectivity index is 1.99. The maximum Gasteiger partial charge on any atom is 0.514 e. The van der Waals surface area contributed by atoms with Gasteiger partial charge in [0.15, 0.2) is 11.5 Å². The lowest BCUT2D eigenvalue weighted by Gasteiger charge is -2.22. The fraction of sp³-hybridized carbons (Fsp3) is 0.677. The smallest absolute Gasteiger partial charge is 0.458 e. The number of rotatable bonds is 15. The molecule has 1 fully saturated rings. The molecular formula is C31H47NO11. The molecule has 0 aromatic heterocycles. The SMILES string of the molecule is CCCC(C)OC(=O)Oc1cc(C[C@H](N)C(=O)OC(C)COC(=O)OC2CCCCC2)ccc1OC(=O)O[C@@H](C)CCC. The molecule has 2 unspecified atom stereocenters. The van der Waals surface area contributed by atoms with Gasteiger partial charge in [0.25, 0.3) is 0 Å². The minimum Gasteiger partial charge on any atom is -0.458 e. The van der Waals surface area contributed by atoms with Crippen molar-refractivity contribution < 1.29 is 52.3 Å². The summed E-state index contributed by atoms with van der Waals surface area (Å²) in [6.07, 6.45) is 3.36. The number of ether oxygens (including phenoxy) is 7. The first-order valence-corrected chi connectivity index (χ1v) is 15.2. The van der Waals surface area contributed by atoms with Crippen molar-refractivity contribution in [3.05, 3.63) is 23.8 Å². The van der Waals surface area contributed by atoms with Crippen LogP contribution in [0, 0.1) is 0 Å². The first-order valence-electron chi connectivity index (χ1n) is 15.2. The van der Waals surface area contributed by atoms with E-state index in [0.29, 0.717) is 18.4 Å². The molecule has 1 aromatic carbocycles. The van der Waals surface area contributed by atoms with Gasteiger partial charge in [0.2, 0.25) is 0 Å². The van der Waals surface area contributed by atoms with E-state index in [1.807, 2.05) is 13.8 Å². The number of hydrogen-bond donors (Lipinski definition) is 1. The second kappa shape index (κ2) is 18.9. The van der Waals surface area contributed by atoms with Crippen molar-refractivity contribution in [2.45, 2.75) is 129 Å². The van der Waals surface area contributed by atoms with Crippen LogP contribution in [-0.2, 0) is 34.9 Å². The van der Waals surface area contributed by atoms with E-state index in [0.717, 1.165) is 44.9 Å². The highest BCUT2D eigenvalue weighted by molar-refractivity contribution is 5.76. The van der Waals surface area contributed by atoms with Crippen LogP contribution in [0.4, 0.5) is 14.4 Å². The summed E-state index contributed by atoms with van der Waals surface area (Å²) >= 11 is 0. The maximum atomic E-state index is 12.6. The molecule has 0 bridgehead atoms. The summed E-state index contributed by atoms with van der Waals surface area (Å²) in [7, 11) is 0. The molecule has 0 aliphatic heterocycles. The van der Waals surface area contributed by atoms with E-state index in [9.17, 15) is 19.2 Å². The zero-order chi connectivity index (χ0) is 31.8. The topological polar surface area (TPSA) is 159 Å². The molecule has 4 atom stereocenters. The minimum atomic E-state index is -1.09. The fourth-order valence-electron chi connectivity index (χ4n) is 4.53. The van der Waals surface area contributed by atoms with Gasteiger partial charge >= 0.3 is 24.4 Å². The Bertz CT molecular complexity index is 1040. The Morgan fingerprint density at radius 1 is 0.791 bits per heavy atom. The Labute approximate surface area is 253 Å². The van der Waals surface area contributed by atoms with Crippen molar-refractivity contribution in [1.82, 2.24) is 0 Å². The molecule has 1 aromatic rings. The van der Waals surface area contributed by atoms with E-state index >= 15 is 0 Å². The van der Waals surface area contributed by atoms with E-state index in [-0.39, 0.29) is 42.8 Å². The van der Waals surface area contributed by atoms with E-state index in [2.05, 4.69) is 0 Å². The average molecular weight is 610 g/mol. The molecule has 12 nitrogen and oxygen atoms in total. The molecule has 2 N–H and O–H groups in total. The second-order valence-corrected chi connectivity index (χ2v) is 10.9. The predicted octanol–water partition coefficient (Wildman–Crippen LogP) is 6.38. The van der Waals surface area contributed by atoms with Crippen LogP contribution >= 0.6 is 0 Å². The Kier molecular flexibility index (Phi) is 15.7. The van der Waals surface area contributed by atoms with Crippen LogP contribution in [0.3, 0.4) is 0 Å². The highest BCUT2D eigenvalue weighted by atomic mass is 16.8. The van der Waals surface area contributed by atoms with Crippen molar-refractivity contribution in [2.24, 2.45) is 5.73 Å². The zero-order valence-electron chi connectivity index (χ0n) is 26.0. The molecule has 12 heteroatoms. The van der Waals surface area contributed by atoms with Crippen molar-refractivity contribution in [1.29, 1.82) is 0 Å². The lowest BCUT2D eigenvalue weighted by molar-refractivity contribution is -0.152. The lowest BCUT2D eigenvalue weighted by Crippen LogP contribution is -2.37. The first-order chi connectivity index (χ1) is 20.5. The van der Waals surface area contributed by atoms with E-state index < -0.39 is 36.6 Å². The van der Waals surface area contributed by atoms with Crippen LogP contribution < -0.4 is 15.2 Å². The normalized spacial score (nSPS) is 16.1. The highest BCUT2D eigenvalue weighted by Gasteiger charge is 2.24. The molecule has 0 spiro atoms. The number of carbonyl (C=O) groups excluding carboxylic acids is 4. The van der Waals surface area contributed by atoms with Crippen molar-refractivity contribution in [2.75, 3.05) is 6.61 Å². The van der Waals surface area contributed by atoms with Gasteiger partial charge in [-0.2, -0.15) is 0 Å². The molecule has 1 saturated carbocycles. The van der Waals surface area contributed by atoms with E-state index in [4.69, 9.17) is 38.9 Å². The Morgan fingerprint density at radius 3 is 1.95 bits per heavy atom. The molecule has 0 amide bonds. The maximum absolute atomic E-state index is 12.6. The first kappa shape index (κ1) is 35.7. The van der Waals surface area contributed by atoms with Gasteiger partial charge in [-0.3, -0.25) is 4.79 Å². The van der Waals surface area contributed by atoms with Crippen LogP contribution in [0.15, 0.2) is 18.2 Å². The van der Waals surface area contributed by atoms with Gasteiger partial charge in [-0.1, -0.05) is 39.2 Å². The second-order valence-electron chi connectivity index (χ2n) is 10.9. The Hall–Kier alpha value is -3.54. The van der Waals surface area contributed by atoms with Crippen molar-refractivity contribution in [3.8, 4) is 11.5 Å². The van der Waals surface area contributed by atoms with Gasteiger partial charge < -0.3 is 38.9 Å². The van der Waals surface area contributed by atoms with Crippen LogP contribution in [0.1, 0.15) is 98.0 Å². The standard InChI is InChI=1S/C31H47NO11/c1-6-11-20(3)39-30(35)42-26-16-15-23(18-27(26)43-31(36)40-21(4)12-7-2)17-25(32)28(33)38-22(5)19-37-29(34)41-24-13-9-8-10-14-24/h15-16,18,20-22,24-25H,6-14,17,19,32H2,1-5H3/t20-,21?,22?,25-/m0/s1. The summed E-state index contributed by atoms with van der Waals surface area (Å²) in [5.74, 6) is -0.898. The lowest BCUT2D eigenvalue weighted by atomic mass is 9.98. The Morgan fingerprint density at radius 2 is 1.37 bits per heavy atom. The van der Waals surface area contributed by atoms with Crippen molar-refractivity contribution >= 4 is 24.4 Å². The van der Waals surface area contributed by atoms with E-state index in [1.165, 1.54) is 12.1 Å². The summed E-state index contributed by atoms with van der Waals surface area (Å²) in [6, 6.07) is 3.31. The average Bonchev–Trinajstić information content (AvgIpc) is 2.94. The largest absolute Gasteiger partial charge is 0.514 e. The summed E-state index contributed by atoms with van der Waals surface area (Å²) < 4.78 is 36.9. The summed E-state index contributed by atoms with van der Waals surface area (Å²) in [4.78, 5) is 49.3. The number of carbonyl (C=O) groups is 4. The highest BCUT2D eigenvalue weighted by Crippen LogP contribution is 2.30. The molecule has 2 rings (SSSR count). The molecule has 1 aliphatic carbocycles. The third-order valence-corrected chi connectivity index (χ3v) is 6.71. The van der Waals surface area contributed by atoms with Crippen molar-refractivity contribution in [3.63, 3.8) is 0 Å². The molecule has 43 heavy (non-hydrogen) atoms. The van der Waals surface area contributed by atoms with Crippen LogP contribution in [0.5, 0.6) is 11.5 Å². The molecule has 1 aliphatic rings. The number of esters is 1. The van der Waals surface area contributed by atoms with Gasteiger partial charge in [-0.25, -0.2) is 14.4 Å². The fourth-order valence-corrected chi connectivity index (χ4v) is 4.53. The van der Waals surface area contributed by atoms with Gasteiger partial charge in [0.05, 0.1) is 0 Å². The quantitative estimate of drug-likeness (QED) is 0.133. The van der Waals surface area contributed by atoms with Crippen LogP contribution in [0.2, 0.25) is 0 Å². The van der Waals surface area contributed by atoms with Gasteiger partial charge in [-0.15, -0.1) is 0 Å². The summed E-state index contributed by atoms with van der Waals surface area (Å²) in [5.41, 5.74) is 6.58. The molecular weight excluding hydrogens is 562 g/mol. The third-order valence-electron chi connectivity index (χ3n) is 6.71. The minimum absolute atomic E-state index is 0.00599. The van der Waals surface area contributed by atoms with Crippen LogP contribution in [-0.4, -0.2) is 61.5 Å². The van der Waals surface area contributed by atoms with Gasteiger partial charge in [-0.05, 0) is 83.4 Å². The predicted molar refractivity (Wildman–Crippen MR) is 156 cm³/mol. The zero-order valence-corrected chi connectivity index (χ0v) is 26.0. The van der Waals surface area contributed by atoms with Gasteiger partial charge in [0, 0.05) is 0 Å². The van der Waals surface area contributed by atoms with E-state index in [1.54, 1.807) is 26.8 Å². The monoisotopic (exact) mass is 609 g/mol. The molecule has 242 valence electrons. The number of hydrogen-bond acceptors (Lipinski definition) is 12. The van der Waals surface area contributed by atoms with Gasteiger partial charge in [0.1, 0.15) is 37.1 Å². The summed E-state index contributed by atoms with van der Waals surface area (Å²) in [6.45, 7) is 8.79. The molecule has 0 radical (unpaired) electrons. The number of benzene rings is 1. The molecule has 0 saturated heterocycles. The number of nitrogens with two attached hydrogens (primary N) is 1. The molecule has 0 heterocycles.